The van der Waals surface area contributed by atoms with Gasteiger partial charge in [-0.1, -0.05) is 15.9 Å². The van der Waals surface area contributed by atoms with Crippen LogP contribution in [0.2, 0.25) is 0 Å². The maximum absolute atomic E-state index is 13.4. The van der Waals surface area contributed by atoms with Crippen molar-refractivity contribution in [1.82, 2.24) is 10.2 Å². The van der Waals surface area contributed by atoms with E-state index in [-0.39, 0.29) is 11.4 Å². The minimum absolute atomic E-state index is 0.0509. The van der Waals surface area contributed by atoms with E-state index in [4.69, 9.17) is 0 Å². The molecule has 4 nitrogen and oxygen atoms in total. The molecule has 0 atom stereocenters. The molecular formula is C11H7BrFN3O. The highest BCUT2D eigenvalue weighted by Gasteiger charge is 2.12. The van der Waals surface area contributed by atoms with Gasteiger partial charge in [0.1, 0.15) is 5.82 Å². The number of anilines is 1. The van der Waals surface area contributed by atoms with Gasteiger partial charge in [-0.2, -0.15) is 5.10 Å². The molecule has 1 aromatic carbocycles. The van der Waals surface area contributed by atoms with Gasteiger partial charge in [-0.05, 0) is 30.3 Å². The van der Waals surface area contributed by atoms with Crippen molar-refractivity contribution >= 4 is 27.7 Å². The Bertz CT molecular complexity index is 548. The van der Waals surface area contributed by atoms with Crippen molar-refractivity contribution < 1.29 is 9.18 Å². The molecule has 0 spiro atoms. The number of nitrogens with one attached hydrogen (secondary N) is 1. The summed E-state index contributed by atoms with van der Waals surface area (Å²) in [6, 6.07) is 7.34. The van der Waals surface area contributed by atoms with Crippen LogP contribution in [0.15, 0.2) is 41.0 Å². The van der Waals surface area contributed by atoms with Crippen molar-refractivity contribution in [2.45, 2.75) is 0 Å². The maximum atomic E-state index is 13.4. The van der Waals surface area contributed by atoms with E-state index in [0.29, 0.717) is 4.47 Å². The van der Waals surface area contributed by atoms with E-state index in [1.165, 1.54) is 24.4 Å². The molecule has 0 saturated carbocycles. The quantitative estimate of drug-likeness (QED) is 0.927. The SMILES string of the molecule is O=C(Nc1cccnn1)c1cc(Br)ccc1F. The predicted molar refractivity (Wildman–Crippen MR) is 64.1 cm³/mol. The molecule has 1 amide bonds. The van der Waals surface area contributed by atoms with Crippen LogP contribution in [0, 0.1) is 5.82 Å². The molecule has 0 radical (unpaired) electrons. The van der Waals surface area contributed by atoms with Crippen LogP contribution >= 0.6 is 15.9 Å². The van der Waals surface area contributed by atoms with Gasteiger partial charge in [-0.15, -0.1) is 5.10 Å². The number of carbonyl (C=O) groups excluding carboxylic acids is 1. The topological polar surface area (TPSA) is 54.9 Å². The zero-order chi connectivity index (χ0) is 12.3. The molecule has 1 N–H and O–H groups in total. The number of halogens is 2. The number of rotatable bonds is 2. The fourth-order valence-corrected chi connectivity index (χ4v) is 1.58. The van der Waals surface area contributed by atoms with E-state index >= 15 is 0 Å². The molecule has 0 aliphatic rings. The third-order valence-electron chi connectivity index (χ3n) is 1.99. The Hall–Kier alpha value is -1.82. The summed E-state index contributed by atoms with van der Waals surface area (Å²) in [7, 11) is 0. The minimum Gasteiger partial charge on any atom is -0.305 e. The van der Waals surface area contributed by atoms with Crippen molar-refractivity contribution in [2.24, 2.45) is 0 Å². The summed E-state index contributed by atoms with van der Waals surface area (Å²) >= 11 is 3.18. The van der Waals surface area contributed by atoms with E-state index < -0.39 is 11.7 Å². The Kier molecular flexibility index (Phi) is 3.43. The molecule has 0 fully saturated rings. The van der Waals surface area contributed by atoms with Gasteiger partial charge in [0.2, 0.25) is 0 Å². The first-order chi connectivity index (χ1) is 8.16. The minimum atomic E-state index is -0.588. The Labute approximate surface area is 105 Å². The van der Waals surface area contributed by atoms with Crippen LogP contribution in [0.4, 0.5) is 10.2 Å². The highest BCUT2D eigenvalue weighted by molar-refractivity contribution is 9.10. The van der Waals surface area contributed by atoms with Crippen molar-refractivity contribution in [3.05, 3.63) is 52.4 Å². The van der Waals surface area contributed by atoms with Crippen LogP contribution in [-0.4, -0.2) is 16.1 Å². The summed E-state index contributed by atoms with van der Waals surface area (Å²) in [6.07, 6.45) is 1.48. The summed E-state index contributed by atoms with van der Waals surface area (Å²) < 4.78 is 14.0. The van der Waals surface area contributed by atoms with Crippen LogP contribution in [0.3, 0.4) is 0 Å². The molecule has 2 rings (SSSR count). The van der Waals surface area contributed by atoms with Crippen molar-refractivity contribution in [3.63, 3.8) is 0 Å². The Balaban J connectivity index is 2.23. The number of nitrogens with zero attached hydrogens (tertiary/aromatic N) is 2. The van der Waals surface area contributed by atoms with Gasteiger partial charge in [-0.25, -0.2) is 4.39 Å². The van der Waals surface area contributed by atoms with E-state index in [1.807, 2.05) is 0 Å². The average Bonchev–Trinajstić information content (AvgIpc) is 2.33. The first-order valence-electron chi connectivity index (χ1n) is 4.71. The zero-order valence-electron chi connectivity index (χ0n) is 8.52. The third kappa shape index (κ3) is 2.85. The van der Waals surface area contributed by atoms with E-state index in [9.17, 15) is 9.18 Å². The molecule has 0 unspecified atom stereocenters. The van der Waals surface area contributed by atoms with Crippen LogP contribution in [0.5, 0.6) is 0 Å². The van der Waals surface area contributed by atoms with Gasteiger partial charge >= 0.3 is 0 Å². The van der Waals surface area contributed by atoms with Gasteiger partial charge in [0.15, 0.2) is 5.82 Å². The molecule has 17 heavy (non-hydrogen) atoms. The Morgan fingerprint density at radius 2 is 2.18 bits per heavy atom. The van der Waals surface area contributed by atoms with Crippen LogP contribution < -0.4 is 5.32 Å². The molecule has 1 heterocycles. The number of aromatic nitrogens is 2. The molecule has 0 aliphatic heterocycles. The summed E-state index contributed by atoms with van der Waals surface area (Å²) in [6.45, 7) is 0. The highest BCUT2D eigenvalue weighted by Crippen LogP contribution is 2.16. The maximum Gasteiger partial charge on any atom is 0.259 e. The van der Waals surface area contributed by atoms with Crippen LogP contribution in [0.25, 0.3) is 0 Å². The van der Waals surface area contributed by atoms with Crippen molar-refractivity contribution in [3.8, 4) is 0 Å². The fourth-order valence-electron chi connectivity index (χ4n) is 1.22. The van der Waals surface area contributed by atoms with Gasteiger partial charge in [0.25, 0.3) is 5.91 Å². The summed E-state index contributed by atoms with van der Waals surface area (Å²) in [5.74, 6) is -0.879. The van der Waals surface area contributed by atoms with Gasteiger partial charge < -0.3 is 5.32 Å². The van der Waals surface area contributed by atoms with E-state index in [0.717, 1.165) is 0 Å². The number of hydrogen-bond donors (Lipinski definition) is 1. The van der Waals surface area contributed by atoms with Gasteiger partial charge in [0.05, 0.1) is 5.56 Å². The van der Waals surface area contributed by atoms with Crippen LogP contribution in [0.1, 0.15) is 10.4 Å². The van der Waals surface area contributed by atoms with Gasteiger partial charge in [0, 0.05) is 10.7 Å². The summed E-state index contributed by atoms with van der Waals surface area (Å²) in [5, 5.41) is 9.74. The molecule has 0 saturated heterocycles. The summed E-state index contributed by atoms with van der Waals surface area (Å²) in [4.78, 5) is 11.7. The van der Waals surface area contributed by atoms with Crippen molar-refractivity contribution in [1.29, 1.82) is 0 Å². The number of carbonyl (C=O) groups is 1. The normalized spacial score (nSPS) is 10.0. The first-order valence-corrected chi connectivity index (χ1v) is 5.50. The second kappa shape index (κ2) is 5.01. The monoisotopic (exact) mass is 295 g/mol. The lowest BCUT2D eigenvalue weighted by atomic mass is 10.2. The first kappa shape index (κ1) is 11.7. The van der Waals surface area contributed by atoms with E-state index in [2.05, 4.69) is 31.4 Å². The predicted octanol–water partition coefficient (Wildman–Crippen LogP) is 2.63. The molecule has 2 aromatic rings. The Morgan fingerprint density at radius 3 is 2.88 bits per heavy atom. The summed E-state index contributed by atoms with van der Waals surface area (Å²) in [5.41, 5.74) is -0.0509. The number of hydrogen-bond acceptors (Lipinski definition) is 3. The largest absolute Gasteiger partial charge is 0.305 e. The van der Waals surface area contributed by atoms with Gasteiger partial charge in [-0.3, -0.25) is 4.79 Å². The molecule has 0 bridgehead atoms. The lowest BCUT2D eigenvalue weighted by molar-refractivity contribution is 0.102. The Morgan fingerprint density at radius 1 is 1.35 bits per heavy atom. The van der Waals surface area contributed by atoms with Crippen LogP contribution in [-0.2, 0) is 0 Å². The average molecular weight is 296 g/mol. The zero-order valence-corrected chi connectivity index (χ0v) is 10.1. The fraction of sp³-hybridized carbons (Fsp3) is 0. The molecular weight excluding hydrogens is 289 g/mol. The smallest absolute Gasteiger partial charge is 0.259 e. The number of amides is 1. The molecule has 6 heteroatoms. The highest BCUT2D eigenvalue weighted by atomic mass is 79.9. The third-order valence-corrected chi connectivity index (χ3v) is 2.48. The molecule has 0 aliphatic carbocycles. The van der Waals surface area contributed by atoms with Crippen molar-refractivity contribution in [2.75, 3.05) is 5.32 Å². The second-order valence-corrected chi connectivity index (χ2v) is 4.10. The molecule has 86 valence electrons. The molecule has 1 aromatic heterocycles. The number of benzene rings is 1. The lowest BCUT2D eigenvalue weighted by Crippen LogP contribution is -2.14. The lowest BCUT2D eigenvalue weighted by Gasteiger charge is -2.04. The van der Waals surface area contributed by atoms with E-state index in [1.54, 1.807) is 12.1 Å². The second-order valence-electron chi connectivity index (χ2n) is 3.19. The standard InChI is InChI=1S/C11H7BrFN3O/c12-7-3-4-9(13)8(6-7)11(17)15-10-2-1-5-14-16-10/h1-6H,(H,15,16,17).